The molecule has 2 saturated heterocycles. The number of rotatable bonds is 8. The molecule has 0 saturated carbocycles. The highest BCUT2D eigenvalue weighted by molar-refractivity contribution is 7.89. The van der Waals surface area contributed by atoms with E-state index in [1.54, 1.807) is 11.0 Å². The van der Waals surface area contributed by atoms with Crippen molar-refractivity contribution in [3.63, 3.8) is 0 Å². The maximum Gasteiger partial charge on any atom is 0.257 e. The Bertz CT molecular complexity index is 1080. The summed E-state index contributed by atoms with van der Waals surface area (Å²) in [5.41, 5.74) is 2.29. The summed E-state index contributed by atoms with van der Waals surface area (Å²) >= 11 is 0. The number of hydrogen-bond acceptors (Lipinski definition) is 6. The fourth-order valence-corrected chi connectivity index (χ4v) is 5.27. The highest BCUT2D eigenvalue weighted by Gasteiger charge is 2.25. The van der Waals surface area contributed by atoms with Crippen LogP contribution in [0.1, 0.15) is 34.3 Å². The Hall–Kier alpha value is -2.46. The van der Waals surface area contributed by atoms with Crippen LogP contribution in [0.15, 0.2) is 47.4 Å². The van der Waals surface area contributed by atoms with Gasteiger partial charge in [-0.1, -0.05) is 24.3 Å². The lowest BCUT2D eigenvalue weighted by Gasteiger charge is -2.26. The van der Waals surface area contributed by atoms with E-state index in [2.05, 4.69) is 9.62 Å². The van der Waals surface area contributed by atoms with Crippen LogP contribution < -0.4 is 9.46 Å². The second-order valence-corrected chi connectivity index (χ2v) is 10.2. The lowest BCUT2D eigenvalue weighted by molar-refractivity contribution is 0.0342. The smallest absolute Gasteiger partial charge is 0.257 e. The fraction of sp³-hybridized carbons (Fsp3) is 0.458. The molecule has 33 heavy (non-hydrogen) atoms. The number of carbonyl (C=O) groups excluding carboxylic acids is 1. The zero-order valence-electron chi connectivity index (χ0n) is 19.0. The number of methoxy groups -OCH3 is 1. The number of sulfonamides is 1. The zero-order valence-corrected chi connectivity index (χ0v) is 19.8. The van der Waals surface area contributed by atoms with E-state index in [9.17, 15) is 13.2 Å². The summed E-state index contributed by atoms with van der Waals surface area (Å²) in [6, 6.07) is 12.3. The molecule has 8 nitrogen and oxygen atoms in total. The molecule has 2 aliphatic heterocycles. The van der Waals surface area contributed by atoms with Crippen molar-refractivity contribution in [1.29, 1.82) is 0 Å². The average molecular weight is 474 g/mol. The van der Waals surface area contributed by atoms with Gasteiger partial charge in [0.05, 0.1) is 30.8 Å². The minimum Gasteiger partial charge on any atom is -0.496 e. The van der Waals surface area contributed by atoms with Gasteiger partial charge in [-0.25, -0.2) is 13.1 Å². The molecule has 0 bridgehead atoms. The molecule has 0 radical (unpaired) electrons. The van der Waals surface area contributed by atoms with Crippen molar-refractivity contribution in [3.8, 4) is 5.75 Å². The third-order valence-electron chi connectivity index (χ3n) is 6.07. The summed E-state index contributed by atoms with van der Waals surface area (Å²) < 4.78 is 39.4. The monoisotopic (exact) mass is 473 g/mol. The van der Waals surface area contributed by atoms with Gasteiger partial charge in [0.2, 0.25) is 10.0 Å². The topological polar surface area (TPSA) is 88.2 Å². The maximum atomic E-state index is 13.0. The summed E-state index contributed by atoms with van der Waals surface area (Å²) in [6.45, 7) is 5.61. The fourth-order valence-electron chi connectivity index (χ4n) is 4.23. The van der Waals surface area contributed by atoms with Crippen molar-refractivity contribution >= 4 is 15.9 Å². The Morgan fingerprint density at radius 3 is 2.48 bits per heavy atom. The summed E-state index contributed by atoms with van der Waals surface area (Å²) in [5.74, 6) is 0.180. The Morgan fingerprint density at radius 2 is 1.76 bits per heavy atom. The molecule has 0 spiro atoms. The van der Waals surface area contributed by atoms with Gasteiger partial charge in [0.25, 0.3) is 5.91 Å². The average Bonchev–Trinajstić information content (AvgIpc) is 3.38. The molecule has 2 fully saturated rings. The van der Waals surface area contributed by atoms with E-state index in [-0.39, 0.29) is 22.9 Å². The molecule has 0 aromatic heterocycles. The predicted molar refractivity (Wildman–Crippen MR) is 125 cm³/mol. The minimum absolute atomic E-state index is 0.0512. The largest absolute Gasteiger partial charge is 0.496 e. The highest BCUT2D eigenvalue weighted by atomic mass is 32.2. The van der Waals surface area contributed by atoms with Gasteiger partial charge in [0.1, 0.15) is 5.75 Å². The van der Waals surface area contributed by atoms with Gasteiger partial charge in [-0.15, -0.1) is 0 Å². The third-order valence-corrected chi connectivity index (χ3v) is 7.47. The van der Waals surface area contributed by atoms with E-state index in [4.69, 9.17) is 9.47 Å². The maximum absolute atomic E-state index is 13.0. The van der Waals surface area contributed by atoms with Crippen LogP contribution in [-0.2, 0) is 27.8 Å². The Labute approximate surface area is 195 Å². The first-order chi connectivity index (χ1) is 16.0. The summed E-state index contributed by atoms with van der Waals surface area (Å²) in [4.78, 5) is 17.0. The number of benzene rings is 2. The Balaban J connectivity index is 1.46. The van der Waals surface area contributed by atoms with Crippen LogP contribution in [-0.4, -0.2) is 70.6 Å². The molecule has 2 aromatic rings. The lowest BCUT2D eigenvalue weighted by Crippen LogP contribution is -2.35. The molecule has 1 N–H and O–H groups in total. The third kappa shape index (κ3) is 5.92. The van der Waals surface area contributed by atoms with Crippen LogP contribution in [0.2, 0.25) is 0 Å². The molecule has 1 amide bonds. The molecule has 2 aliphatic rings. The van der Waals surface area contributed by atoms with Crippen molar-refractivity contribution < 1.29 is 22.7 Å². The van der Waals surface area contributed by atoms with Gasteiger partial charge in [0, 0.05) is 39.3 Å². The van der Waals surface area contributed by atoms with Gasteiger partial charge in [-0.05, 0) is 42.2 Å². The SMILES string of the molecule is COc1ccc(S(=O)(=O)NCc2cccc(CN3CCOCC3)c2)cc1C(=O)N1CCCC1. The van der Waals surface area contributed by atoms with Crippen molar-refractivity contribution in [2.45, 2.75) is 30.8 Å². The number of nitrogens with one attached hydrogen (secondary N) is 1. The number of likely N-dealkylation sites (tertiary alicyclic amines) is 1. The number of amides is 1. The molecule has 2 heterocycles. The van der Waals surface area contributed by atoms with E-state index < -0.39 is 10.0 Å². The van der Waals surface area contributed by atoms with Crippen LogP contribution >= 0.6 is 0 Å². The normalized spacial score (nSPS) is 17.3. The summed E-state index contributed by atoms with van der Waals surface area (Å²) in [6.07, 6.45) is 1.91. The Kier molecular flexibility index (Phi) is 7.64. The van der Waals surface area contributed by atoms with Gasteiger partial charge in [-0.2, -0.15) is 0 Å². The van der Waals surface area contributed by atoms with Crippen LogP contribution in [0, 0.1) is 0 Å². The molecule has 0 aliphatic carbocycles. The summed E-state index contributed by atoms with van der Waals surface area (Å²) in [5, 5.41) is 0. The van der Waals surface area contributed by atoms with E-state index in [1.165, 1.54) is 19.2 Å². The van der Waals surface area contributed by atoms with Crippen molar-refractivity contribution in [1.82, 2.24) is 14.5 Å². The molecule has 9 heteroatoms. The van der Waals surface area contributed by atoms with E-state index in [0.29, 0.717) is 18.8 Å². The van der Waals surface area contributed by atoms with Gasteiger partial charge >= 0.3 is 0 Å². The molecular formula is C24H31N3O5S. The number of hydrogen-bond donors (Lipinski definition) is 1. The number of morpholine rings is 1. The highest BCUT2D eigenvalue weighted by Crippen LogP contribution is 2.25. The molecule has 0 unspecified atom stereocenters. The first-order valence-corrected chi connectivity index (χ1v) is 12.8. The minimum atomic E-state index is -3.81. The molecule has 178 valence electrons. The first kappa shape index (κ1) is 23.7. The van der Waals surface area contributed by atoms with Crippen molar-refractivity contribution in [2.75, 3.05) is 46.5 Å². The number of nitrogens with zero attached hydrogens (tertiary/aromatic N) is 2. The first-order valence-electron chi connectivity index (χ1n) is 11.3. The van der Waals surface area contributed by atoms with E-state index in [0.717, 1.165) is 56.8 Å². The van der Waals surface area contributed by atoms with Gasteiger partial charge in [0.15, 0.2) is 0 Å². The molecule has 2 aromatic carbocycles. The molecule has 4 rings (SSSR count). The van der Waals surface area contributed by atoms with Crippen LogP contribution in [0.3, 0.4) is 0 Å². The second kappa shape index (κ2) is 10.6. The van der Waals surface area contributed by atoms with Crippen LogP contribution in [0.5, 0.6) is 5.75 Å². The summed E-state index contributed by atoms with van der Waals surface area (Å²) in [7, 11) is -2.33. The lowest BCUT2D eigenvalue weighted by atomic mass is 10.1. The quantitative estimate of drug-likeness (QED) is 0.633. The second-order valence-electron chi connectivity index (χ2n) is 8.39. The number of carbonyl (C=O) groups is 1. The van der Waals surface area contributed by atoms with Crippen molar-refractivity contribution in [3.05, 3.63) is 59.2 Å². The van der Waals surface area contributed by atoms with Gasteiger partial charge < -0.3 is 14.4 Å². The van der Waals surface area contributed by atoms with Crippen LogP contribution in [0.4, 0.5) is 0 Å². The van der Waals surface area contributed by atoms with Crippen LogP contribution in [0.25, 0.3) is 0 Å². The Morgan fingerprint density at radius 1 is 1.03 bits per heavy atom. The zero-order chi connectivity index (χ0) is 23.3. The number of ether oxygens (including phenoxy) is 2. The van der Waals surface area contributed by atoms with Crippen molar-refractivity contribution in [2.24, 2.45) is 0 Å². The van der Waals surface area contributed by atoms with E-state index in [1.807, 2.05) is 24.3 Å². The van der Waals surface area contributed by atoms with Gasteiger partial charge in [-0.3, -0.25) is 9.69 Å². The molecular weight excluding hydrogens is 442 g/mol. The predicted octanol–water partition coefficient (Wildman–Crippen LogP) is 2.24. The standard InChI is InChI=1S/C24H31N3O5S/c1-31-23-8-7-21(16-22(23)24(28)27-9-2-3-10-27)33(29,30)25-17-19-5-4-6-20(15-19)18-26-11-13-32-14-12-26/h4-8,15-16,25H,2-3,9-14,17-18H2,1H3. The molecule has 0 atom stereocenters. The van der Waals surface area contributed by atoms with E-state index >= 15 is 0 Å².